The van der Waals surface area contributed by atoms with Gasteiger partial charge in [0.15, 0.2) is 0 Å². The largest absolute Gasteiger partial charge is 0.395 e. The lowest BCUT2D eigenvalue weighted by molar-refractivity contribution is -0.137. The molecule has 122 valence electrons. The average molecular weight is 317 g/mol. The third-order valence-corrected chi connectivity index (χ3v) is 3.46. The minimum atomic E-state index is -0.459. The van der Waals surface area contributed by atoms with Crippen LogP contribution in [-0.4, -0.2) is 47.9 Å². The highest BCUT2D eigenvalue weighted by Crippen LogP contribution is 2.18. The number of carbonyl (C=O) groups excluding carboxylic acids is 3. The summed E-state index contributed by atoms with van der Waals surface area (Å²) in [5.41, 5.74) is 1.78. The lowest BCUT2D eigenvalue weighted by Gasteiger charge is -2.13. The number of benzene rings is 1. The van der Waals surface area contributed by atoms with E-state index in [1.165, 1.54) is 6.08 Å². The molecule has 0 fully saturated rings. The molecule has 1 aliphatic rings. The number of aliphatic hydroxyl groups excluding tert-OH is 1. The Morgan fingerprint density at radius 3 is 2.78 bits per heavy atom. The van der Waals surface area contributed by atoms with E-state index in [4.69, 9.17) is 5.11 Å². The van der Waals surface area contributed by atoms with Crippen molar-refractivity contribution in [1.82, 2.24) is 10.2 Å². The van der Waals surface area contributed by atoms with E-state index in [1.54, 1.807) is 13.1 Å². The summed E-state index contributed by atoms with van der Waals surface area (Å²) in [6, 6.07) is 7.31. The van der Waals surface area contributed by atoms with Gasteiger partial charge in [0.1, 0.15) is 5.70 Å². The van der Waals surface area contributed by atoms with Crippen LogP contribution in [0.1, 0.15) is 12.0 Å². The highest BCUT2D eigenvalue weighted by molar-refractivity contribution is 6.17. The zero-order chi connectivity index (χ0) is 16.8. The molecule has 0 bridgehead atoms. The Bertz CT molecular complexity index is 654. The average Bonchev–Trinajstić information content (AvgIpc) is 2.81. The van der Waals surface area contributed by atoms with E-state index in [0.717, 1.165) is 10.5 Å². The molecule has 0 aromatic heterocycles. The summed E-state index contributed by atoms with van der Waals surface area (Å²) in [6.07, 6.45) is 2.18. The van der Waals surface area contributed by atoms with Gasteiger partial charge in [-0.2, -0.15) is 0 Å². The Morgan fingerprint density at radius 1 is 1.30 bits per heavy atom. The number of β-amino-alcohol motifs (C(OH)–C–C–N with tert-alkyl or cyclic N) is 1. The molecule has 0 saturated heterocycles. The summed E-state index contributed by atoms with van der Waals surface area (Å²) in [7, 11) is 1.59. The molecule has 0 unspecified atom stereocenters. The SMILES string of the molecule is CNC(=O)CCc1cccc(NC2=CC(=O)N(CCO)C2=O)c1. The fraction of sp³-hybridized carbons (Fsp3) is 0.312. The summed E-state index contributed by atoms with van der Waals surface area (Å²) in [6.45, 7) is -0.293. The second-order valence-electron chi connectivity index (χ2n) is 5.08. The lowest BCUT2D eigenvalue weighted by Crippen LogP contribution is -2.34. The van der Waals surface area contributed by atoms with Crippen molar-refractivity contribution in [1.29, 1.82) is 0 Å². The van der Waals surface area contributed by atoms with E-state index in [2.05, 4.69) is 10.6 Å². The number of nitrogens with zero attached hydrogens (tertiary/aromatic N) is 1. The molecular weight excluding hydrogens is 298 g/mol. The molecule has 23 heavy (non-hydrogen) atoms. The Hall–Kier alpha value is -2.67. The van der Waals surface area contributed by atoms with Gasteiger partial charge in [0, 0.05) is 25.2 Å². The van der Waals surface area contributed by atoms with Crippen molar-refractivity contribution in [2.75, 3.05) is 25.5 Å². The van der Waals surface area contributed by atoms with Gasteiger partial charge >= 0.3 is 0 Å². The maximum Gasteiger partial charge on any atom is 0.277 e. The van der Waals surface area contributed by atoms with Gasteiger partial charge in [-0.1, -0.05) is 12.1 Å². The number of rotatable bonds is 7. The summed E-state index contributed by atoms with van der Waals surface area (Å²) >= 11 is 0. The third-order valence-electron chi connectivity index (χ3n) is 3.46. The van der Waals surface area contributed by atoms with Gasteiger partial charge in [-0.15, -0.1) is 0 Å². The summed E-state index contributed by atoms with van der Waals surface area (Å²) < 4.78 is 0. The molecule has 1 aromatic carbocycles. The highest BCUT2D eigenvalue weighted by atomic mass is 16.3. The van der Waals surface area contributed by atoms with Crippen molar-refractivity contribution >= 4 is 23.4 Å². The zero-order valence-corrected chi connectivity index (χ0v) is 12.8. The Kier molecular flexibility index (Phi) is 5.48. The fourth-order valence-corrected chi connectivity index (χ4v) is 2.25. The minimum Gasteiger partial charge on any atom is -0.395 e. The van der Waals surface area contributed by atoms with Crippen molar-refractivity contribution in [3.05, 3.63) is 41.6 Å². The van der Waals surface area contributed by atoms with E-state index in [0.29, 0.717) is 18.5 Å². The van der Waals surface area contributed by atoms with Crippen molar-refractivity contribution in [2.45, 2.75) is 12.8 Å². The van der Waals surface area contributed by atoms with E-state index in [9.17, 15) is 14.4 Å². The molecule has 1 aromatic rings. The van der Waals surface area contributed by atoms with Gasteiger partial charge < -0.3 is 15.7 Å². The molecular formula is C16H19N3O4. The number of nitrogens with one attached hydrogen (secondary N) is 2. The normalized spacial score (nSPS) is 14.0. The van der Waals surface area contributed by atoms with Crippen LogP contribution in [0.5, 0.6) is 0 Å². The zero-order valence-electron chi connectivity index (χ0n) is 12.8. The van der Waals surface area contributed by atoms with Gasteiger partial charge in [-0.3, -0.25) is 19.3 Å². The number of amides is 3. The smallest absolute Gasteiger partial charge is 0.277 e. The van der Waals surface area contributed by atoms with Crippen LogP contribution >= 0.6 is 0 Å². The van der Waals surface area contributed by atoms with Gasteiger partial charge in [-0.05, 0) is 24.1 Å². The van der Waals surface area contributed by atoms with Crippen LogP contribution in [0.4, 0.5) is 5.69 Å². The number of imide groups is 1. The van der Waals surface area contributed by atoms with Crippen LogP contribution in [0.25, 0.3) is 0 Å². The number of hydrogen-bond acceptors (Lipinski definition) is 5. The third kappa shape index (κ3) is 4.17. The van der Waals surface area contributed by atoms with Crippen LogP contribution in [0.15, 0.2) is 36.0 Å². The van der Waals surface area contributed by atoms with E-state index >= 15 is 0 Å². The molecule has 3 amide bonds. The number of anilines is 1. The minimum absolute atomic E-state index is 0.0223. The Morgan fingerprint density at radius 2 is 2.09 bits per heavy atom. The maximum absolute atomic E-state index is 12.1. The fourth-order valence-electron chi connectivity index (χ4n) is 2.25. The first-order chi connectivity index (χ1) is 11.0. The Labute approximate surface area is 134 Å². The first-order valence-corrected chi connectivity index (χ1v) is 7.30. The molecule has 1 heterocycles. The quantitative estimate of drug-likeness (QED) is 0.616. The van der Waals surface area contributed by atoms with Gasteiger partial charge in [0.05, 0.1) is 13.2 Å². The van der Waals surface area contributed by atoms with Crippen LogP contribution in [0.3, 0.4) is 0 Å². The maximum atomic E-state index is 12.1. The molecule has 0 aliphatic carbocycles. The molecule has 0 radical (unpaired) electrons. The molecule has 3 N–H and O–H groups in total. The van der Waals surface area contributed by atoms with Crippen LogP contribution in [0, 0.1) is 0 Å². The van der Waals surface area contributed by atoms with Gasteiger partial charge in [0.25, 0.3) is 11.8 Å². The van der Waals surface area contributed by atoms with Crippen LogP contribution in [0.2, 0.25) is 0 Å². The number of aryl methyl sites for hydroxylation is 1. The second-order valence-corrected chi connectivity index (χ2v) is 5.08. The predicted molar refractivity (Wildman–Crippen MR) is 84.3 cm³/mol. The molecule has 0 atom stereocenters. The van der Waals surface area contributed by atoms with Crippen molar-refractivity contribution in [3.63, 3.8) is 0 Å². The highest BCUT2D eigenvalue weighted by Gasteiger charge is 2.30. The van der Waals surface area contributed by atoms with E-state index in [1.807, 2.05) is 18.2 Å². The second kappa shape index (κ2) is 7.55. The van der Waals surface area contributed by atoms with Gasteiger partial charge in [0.2, 0.25) is 5.91 Å². The Balaban J connectivity index is 2.03. The summed E-state index contributed by atoms with van der Waals surface area (Å²) in [4.78, 5) is 36.0. The van der Waals surface area contributed by atoms with Crippen molar-refractivity contribution < 1.29 is 19.5 Å². The number of aliphatic hydroxyl groups is 1. The lowest BCUT2D eigenvalue weighted by atomic mass is 10.1. The molecule has 7 nitrogen and oxygen atoms in total. The molecule has 0 saturated carbocycles. The van der Waals surface area contributed by atoms with E-state index in [-0.39, 0.29) is 24.8 Å². The van der Waals surface area contributed by atoms with Crippen molar-refractivity contribution in [2.24, 2.45) is 0 Å². The molecule has 7 heteroatoms. The summed E-state index contributed by atoms with van der Waals surface area (Å²) in [5.74, 6) is -0.940. The van der Waals surface area contributed by atoms with E-state index < -0.39 is 11.8 Å². The molecule has 1 aliphatic heterocycles. The monoisotopic (exact) mass is 317 g/mol. The van der Waals surface area contributed by atoms with Crippen LogP contribution in [-0.2, 0) is 20.8 Å². The number of carbonyl (C=O) groups is 3. The van der Waals surface area contributed by atoms with Gasteiger partial charge in [-0.25, -0.2) is 0 Å². The number of hydrogen-bond donors (Lipinski definition) is 3. The first kappa shape index (κ1) is 16.7. The van der Waals surface area contributed by atoms with Crippen LogP contribution < -0.4 is 10.6 Å². The first-order valence-electron chi connectivity index (χ1n) is 7.30. The molecule has 0 spiro atoms. The predicted octanol–water partition coefficient (Wildman–Crippen LogP) is 0.0221. The van der Waals surface area contributed by atoms with Crippen molar-refractivity contribution in [3.8, 4) is 0 Å². The standard InChI is InChI=1S/C16H19N3O4/c1-17-14(21)6-5-11-3-2-4-12(9-11)18-13-10-15(22)19(7-8-20)16(13)23/h2-4,9-10,18,20H,5-8H2,1H3,(H,17,21). The summed E-state index contributed by atoms with van der Waals surface area (Å²) in [5, 5.41) is 14.4. The topological polar surface area (TPSA) is 98.7 Å². The molecule has 2 rings (SSSR count).